The average Bonchev–Trinajstić information content (AvgIpc) is 3.28. The number of hydrogen-bond acceptors (Lipinski definition) is 8. The number of benzene rings is 2. The van der Waals surface area contributed by atoms with Crippen molar-refractivity contribution in [1.29, 1.82) is 0 Å². The summed E-state index contributed by atoms with van der Waals surface area (Å²) in [7, 11) is 1.59. The number of carbonyl (C=O) groups excluding carboxylic acids is 3. The highest BCUT2D eigenvalue weighted by molar-refractivity contribution is 7.99. The van der Waals surface area contributed by atoms with Crippen molar-refractivity contribution in [2.24, 2.45) is 0 Å². The number of hydrogen-bond donors (Lipinski definition) is 1. The van der Waals surface area contributed by atoms with E-state index in [0.29, 0.717) is 36.5 Å². The Balaban J connectivity index is 1.31. The number of thioether (sulfide) groups is 1. The molecular weight excluding hydrogens is 432 g/mol. The van der Waals surface area contributed by atoms with Crippen LogP contribution in [0.1, 0.15) is 19.3 Å². The lowest BCUT2D eigenvalue weighted by molar-refractivity contribution is -0.129. The Labute approximate surface area is 188 Å². The Kier molecular flexibility index (Phi) is 6.50. The number of piperidine rings is 1. The molecule has 0 unspecified atom stereocenters. The molecule has 3 aromatic rings. The highest BCUT2D eigenvalue weighted by atomic mass is 32.2. The first kappa shape index (κ1) is 21.6. The van der Waals surface area contributed by atoms with Crippen LogP contribution in [0.15, 0.2) is 58.2 Å². The highest BCUT2D eigenvalue weighted by Gasteiger charge is 2.27. The number of amides is 3. The molecule has 0 atom stereocenters. The monoisotopic (exact) mass is 452 g/mol. The van der Waals surface area contributed by atoms with E-state index in [1.54, 1.807) is 43.5 Å². The number of nitrogens with zero attached hydrogens (tertiary/aromatic N) is 3. The molecule has 0 aliphatic carbocycles. The first-order valence-corrected chi connectivity index (χ1v) is 10.9. The SMILES string of the molecule is COc1ccc(-c2nnc(SCC(=O)Nc3ccc(N4C(=O)CCCC4=O)cc3)o2)cc1. The number of anilines is 2. The minimum absolute atomic E-state index is 0.0785. The van der Waals surface area contributed by atoms with E-state index in [9.17, 15) is 14.4 Å². The molecule has 0 radical (unpaired) electrons. The van der Waals surface area contributed by atoms with Gasteiger partial charge in [0.15, 0.2) is 0 Å². The van der Waals surface area contributed by atoms with Crippen LogP contribution < -0.4 is 15.0 Å². The van der Waals surface area contributed by atoms with Crippen LogP contribution in [-0.2, 0) is 14.4 Å². The van der Waals surface area contributed by atoms with E-state index >= 15 is 0 Å². The van der Waals surface area contributed by atoms with Gasteiger partial charge >= 0.3 is 0 Å². The van der Waals surface area contributed by atoms with Gasteiger partial charge in [0, 0.05) is 24.1 Å². The second-order valence-electron chi connectivity index (χ2n) is 6.96. The maximum Gasteiger partial charge on any atom is 0.277 e. The van der Waals surface area contributed by atoms with E-state index in [4.69, 9.17) is 9.15 Å². The van der Waals surface area contributed by atoms with E-state index in [1.807, 2.05) is 12.1 Å². The molecule has 9 nitrogen and oxygen atoms in total. The maximum absolute atomic E-state index is 12.3. The van der Waals surface area contributed by atoms with Gasteiger partial charge in [0.05, 0.1) is 18.6 Å². The van der Waals surface area contributed by atoms with E-state index in [2.05, 4.69) is 15.5 Å². The molecule has 1 aromatic heterocycles. The summed E-state index contributed by atoms with van der Waals surface area (Å²) < 4.78 is 10.7. The third-order valence-corrected chi connectivity index (χ3v) is 5.58. The molecule has 3 amide bonds. The van der Waals surface area contributed by atoms with E-state index in [1.165, 1.54) is 4.90 Å². The maximum atomic E-state index is 12.3. The van der Waals surface area contributed by atoms with Crippen LogP contribution in [0.25, 0.3) is 11.5 Å². The second-order valence-corrected chi connectivity index (χ2v) is 7.89. The van der Waals surface area contributed by atoms with Crippen molar-refractivity contribution in [2.45, 2.75) is 24.5 Å². The van der Waals surface area contributed by atoms with Gasteiger partial charge < -0.3 is 14.5 Å². The molecule has 164 valence electrons. The number of rotatable bonds is 7. The quantitative estimate of drug-likeness (QED) is 0.428. The van der Waals surface area contributed by atoms with Crippen LogP contribution in [-0.4, -0.2) is 40.8 Å². The van der Waals surface area contributed by atoms with Crippen LogP contribution in [0.5, 0.6) is 5.75 Å². The van der Waals surface area contributed by atoms with Gasteiger partial charge in [-0.1, -0.05) is 11.8 Å². The normalized spacial score (nSPS) is 13.8. The Morgan fingerprint density at radius 1 is 1.06 bits per heavy atom. The van der Waals surface area contributed by atoms with Crippen molar-refractivity contribution in [3.05, 3.63) is 48.5 Å². The first-order chi connectivity index (χ1) is 15.5. The van der Waals surface area contributed by atoms with Gasteiger partial charge in [-0.25, -0.2) is 0 Å². The zero-order valence-corrected chi connectivity index (χ0v) is 18.1. The third kappa shape index (κ3) is 4.97. The summed E-state index contributed by atoms with van der Waals surface area (Å²) in [5.74, 6) is 0.493. The van der Waals surface area contributed by atoms with Gasteiger partial charge in [-0.05, 0) is 55.0 Å². The van der Waals surface area contributed by atoms with Gasteiger partial charge in [0.1, 0.15) is 5.75 Å². The molecule has 2 heterocycles. The second kappa shape index (κ2) is 9.65. The van der Waals surface area contributed by atoms with E-state index < -0.39 is 0 Å². The number of carbonyl (C=O) groups is 3. The van der Waals surface area contributed by atoms with Crippen LogP contribution in [0, 0.1) is 0 Å². The molecule has 32 heavy (non-hydrogen) atoms. The fourth-order valence-electron chi connectivity index (χ4n) is 3.18. The number of nitrogens with one attached hydrogen (secondary N) is 1. The topological polar surface area (TPSA) is 115 Å². The summed E-state index contributed by atoms with van der Waals surface area (Å²) >= 11 is 1.12. The molecule has 0 bridgehead atoms. The van der Waals surface area contributed by atoms with Crippen molar-refractivity contribution in [2.75, 3.05) is 23.1 Å². The molecular formula is C22H20N4O5S. The Morgan fingerprint density at radius 3 is 2.41 bits per heavy atom. The largest absolute Gasteiger partial charge is 0.497 e. The summed E-state index contributed by atoms with van der Waals surface area (Å²) in [6.45, 7) is 0. The fourth-order valence-corrected chi connectivity index (χ4v) is 3.74. The lowest BCUT2D eigenvalue weighted by atomic mass is 10.1. The standard InChI is InChI=1S/C22H20N4O5S/c1-30-17-11-5-14(6-12-17)21-24-25-22(31-21)32-13-18(27)23-15-7-9-16(10-8-15)26-19(28)3-2-4-20(26)29/h5-12H,2-4,13H2,1H3,(H,23,27). The van der Waals surface area contributed by atoms with Crippen molar-refractivity contribution >= 4 is 40.9 Å². The zero-order chi connectivity index (χ0) is 22.5. The minimum Gasteiger partial charge on any atom is -0.497 e. The minimum atomic E-state index is -0.253. The predicted molar refractivity (Wildman–Crippen MR) is 118 cm³/mol. The Bertz CT molecular complexity index is 1110. The first-order valence-electron chi connectivity index (χ1n) is 9.90. The lowest BCUT2D eigenvalue weighted by Gasteiger charge is -2.24. The van der Waals surface area contributed by atoms with Crippen molar-refractivity contribution in [3.8, 4) is 17.2 Å². The summed E-state index contributed by atoms with van der Waals surface area (Å²) in [4.78, 5) is 37.5. The Hall–Kier alpha value is -3.66. The zero-order valence-electron chi connectivity index (χ0n) is 17.2. The van der Waals surface area contributed by atoms with Crippen LogP contribution in [0.3, 0.4) is 0 Å². The summed E-state index contributed by atoms with van der Waals surface area (Å²) in [6.07, 6.45) is 1.30. The van der Waals surface area contributed by atoms with E-state index in [0.717, 1.165) is 23.1 Å². The van der Waals surface area contributed by atoms with Crippen LogP contribution in [0.2, 0.25) is 0 Å². The molecule has 1 N–H and O–H groups in total. The molecule has 10 heteroatoms. The van der Waals surface area contributed by atoms with Crippen molar-refractivity contribution in [3.63, 3.8) is 0 Å². The molecule has 1 aliphatic rings. The van der Waals surface area contributed by atoms with Crippen molar-refractivity contribution < 1.29 is 23.5 Å². The molecule has 1 aliphatic heterocycles. The van der Waals surface area contributed by atoms with Gasteiger partial charge in [0.25, 0.3) is 5.22 Å². The van der Waals surface area contributed by atoms with E-state index in [-0.39, 0.29) is 28.7 Å². The third-order valence-electron chi connectivity index (χ3n) is 4.76. The smallest absolute Gasteiger partial charge is 0.277 e. The van der Waals surface area contributed by atoms with Gasteiger partial charge in [-0.2, -0.15) is 0 Å². The number of imide groups is 1. The van der Waals surface area contributed by atoms with Crippen LogP contribution >= 0.6 is 11.8 Å². The number of methoxy groups -OCH3 is 1. The van der Waals surface area contributed by atoms with Crippen molar-refractivity contribution in [1.82, 2.24) is 10.2 Å². The number of aromatic nitrogens is 2. The molecule has 1 fully saturated rings. The van der Waals surface area contributed by atoms with Gasteiger partial charge in [0.2, 0.25) is 23.6 Å². The fraction of sp³-hybridized carbons (Fsp3) is 0.227. The van der Waals surface area contributed by atoms with Gasteiger partial charge in [-0.15, -0.1) is 10.2 Å². The molecule has 0 spiro atoms. The molecule has 1 saturated heterocycles. The van der Waals surface area contributed by atoms with Gasteiger partial charge in [-0.3, -0.25) is 19.3 Å². The highest BCUT2D eigenvalue weighted by Crippen LogP contribution is 2.26. The Morgan fingerprint density at radius 2 is 1.75 bits per heavy atom. The summed E-state index contributed by atoms with van der Waals surface area (Å²) in [6, 6.07) is 13.8. The lowest BCUT2D eigenvalue weighted by Crippen LogP contribution is -2.40. The molecule has 4 rings (SSSR count). The molecule has 2 aromatic carbocycles. The van der Waals surface area contributed by atoms with Crippen LogP contribution in [0.4, 0.5) is 11.4 Å². The number of ether oxygens (including phenoxy) is 1. The summed E-state index contributed by atoms with van der Waals surface area (Å²) in [5.41, 5.74) is 1.81. The summed E-state index contributed by atoms with van der Waals surface area (Å²) in [5, 5.41) is 11.0. The molecule has 0 saturated carbocycles. The predicted octanol–water partition coefficient (Wildman–Crippen LogP) is 3.52. The average molecular weight is 452 g/mol.